The second-order valence-electron chi connectivity index (χ2n) is 4.84. The summed E-state index contributed by atoms with van der Waals surface area (Å²) in [5.41, 5.74) is 0.889. The van der Waals surface area contributed by atoms with Crippen molar-refractivity contribution >= 4 is 17.8 Å². The van der Waals surface area contributed by atoms with Crippen molar-refractivity contribution in [2.24, 2.45) is 0 Å². The molecule has 0 aromatic heterocycles. The lowest BCUT2D eigenvalue weighted by Crippen LogP contribution is -2.40. The Morgan fingerprint density at radius 1 is 1.24 bits per heavy atom. The molecule has 1 saturated heterocycles. The molecule has 6 heteroatoms. The molecule has 0 spiro atoms. The summed E-state index contributed by atoms with van der Waals surface area (Å²) < 4.78 is 5.04. The van der Waals surface area contributed by atoms with Crippen LogP contribution in [0.25, 0.3) is 0 Å². The highest BCUT2D eigenvalue weighted by Crippen LogP contribution is 2.08. The molecule has 2 amide bonds. The SMILES string of the molecule is O=C(CN1CCCC1=O)NCC(=O)OCc1ccccc1. The van der Waals surface area contributed by atoms with Crippen molar-refractivity contribution in [2.75, 3.05) is 19.6 Å². The van der Waals surface area contributed by atoms with Crippen LogP contribution in [0, 0.1) is 0 Å². The lowest BCUT2D eigenvalue weighted by molar-refractivity contribution is -0.145. The number of carbonyl (C=O) groups is 3. The van der Waals surface area contributed by atoms with Crippen LogP contribution in [0.5, 0.6) is 0 Å². The second kappa shape index (κ2) is 7.42. The number of nitrogens with zero attached hydrogens (tertiary/aromatic N) is 1. The summed E-state index contributed by atoms with van der Waals surface area (Å²) in [7, 11) is 0. The summed E-state index contributed by atoms with van der Waals surface area (Å²) in [6.45, 7) is 0.601. The number of nitrogens with one attached hydrogen (secondary N) is 1. The highest BCUT2D eigenvalue weighted by Gasteiger charge is 2.22. The van der Waals surface area contributed by atoms with Crippen LogP contribution in [-0.4, -0.2) is 42.3 Å². The van der Waals surface area contributed by atoms with Crippen LogP contribution in [0.4, 0.5) is 0 Å². The smallest absolute Gasteiger partial charge is 0.325 e. The van der Waals surface area contributed by atoms with E-state index in [1.54, 1.807) is 0 Å². The molecule has 0 aliphatic carbocycles. The van der Waals surface area contributed by atoms with Gasteiger partial charge in [0.15, 0.2) is 0 Å². The molecule has 0 radical (unpaired) electrons. The fourth-order valence-corrected chi connectivity index (χ4v) is 2.06. The number of rotatable bonds is 6. The average molecular weight is 290 g/mol. The van der Waals surface area contributed by atoms with Crippen LogP contribution < -0.4 is 5.32 Å². The van der Waals surface area contributed by atoms with Crippen molar-refractivity contribution in [1.82, 2.24) is 10.2 Å². The highest BCUT2D eigenvalue weighted by molar-refractivity contribution is 5.87. The molecule has 1 aliphatic rings. The molecule has 6 nitrogen and oxygen atoms in total. The van der Waals surface area contributed by atoms with Gasteiger partial charge in [0.05, 0.1) is 6.54 Å². The Bertz CT molecular complexity index is 516. The molecule has 112 valence electrons. The van der Waals surface area contributed by atoms with Gasteiger partial charge in [-0.3, -0.25) is 14.4 Å². The number of likely N-dealkylation sites (tertiary alicyclic amines) is 1. The van der Waals surface area contributed by atoms with Crippen molar-refractivity contribution in [3.63, 3.8) is 0 Å². The summed E-state index contributed by atoms with van der Waals surface area (Å²) in [5, 5.41) is 2.46. The van der Waals surface area contributed by atoms with Gasteiger partial charge in [0, 0.05) is 13.0 Å². The Hall–Kier alpha value is -2.37. The van der Waals surface area contributed by atoms with Gasteiger partial charge in [0.1, 0.15) is 13.2 Å². The zero-order chi connectivity index (χ0) is 15.1. The van der Waals surface area contributed by atoms with Crippen LogP contribution in [0.2, 0.25) is 0 Å². The summed E-state index contributed by atoms with van der Waals surface area (Å²) >= 11 is 0. The minimum Gasteiger partial charge on any atom is -0.460 e. The topological polar surface area (TPSA) is 75.7 Å². The molecule has 2 rings (SSSR count). The maximum atomic E-state index is 11.6. The zero-order valence-electron chi connectivity index (χ0n) is 11.7. The van der Waals surface area contributed by atoms with Crippen molar-refractivity contribution in [3.05, 3.63) is 35.9 Å². The Kier molecular flexibility index (Phi) is 5.31. The number of hydrogen-bond donors (Lipinski definition) is 1. The molecule has 1 aromatic carbocycles. The number of amides is 2. The molecule has 0 atom stereocenters. The Morgan fingerprint density at radius 3 is 2.67 bits per heavy atom. The second-order valence-corrected chi connectivity index (χ2v) is 4.84. The molecule has 1 aromatic rings. The van der Waals surface area contributed by atoms with E-state index < -0.39 is 5.97 Å². The third-order valence-corrected chi connectivity index (χ3v) is 3.18. The Morgan fingerprint density at radius 2 is 2.00 bits per heavy atom. The Labute approximate surface area is 123 Å². The molecule has 1 aliphatic heterocycles. The minimum absolute atomic E-state index is 0.00476. The molecular weight excluding hydrogens is 272 g/mol. The molecule has 1 N–H and O–H groups in total. The average Bonchev–Trinajstić information content (AvgIpc) is 2.89. The van der Waals surface area contributed by atoms with Crippen LogP contribution in [0.3, 0.4) is 0 Å². The predicted molar refractivity (Wildman–Crippen MR) is 75.1 cm³/mol. The number of esters is 1. The van der Waals surface area contributed by atoms with Gasteiger partial charge >= 0.3 is 5.97 Å². The quantitative estimate of drug-likeness (QED) is 0.773. The summed E-state index contributed by atoms with van der Waals surface area (Å²) in [6, 6.07) is 9.30. The normalized spacial score (nSPS) is 14.1. The van der Waals surface area contributed by atoms with Crippen molar-refractivity contribution in [1.29, 1.82) is 0 Å². The summed E-state index contributed by atoms with van der Waals surface area (Å²) in [4.78, 5) is 36.0. The molecular formula is C15H18N2O4. The van der Waals surface area contributed by atoms with Crippen LogP contribution in [0.1, 0.15) is 18.4 Å². The Balaban J connectivity index is 1.64. The van der Waals surface area contributed by atoms with Gasteiger partial charge in [0.2, 0.25) is 11.8 Å². The van der Waals surface area contributed by atoms with E-state index in [4.69, 9.17) is 4.74 Å². The van der Waals surface area contributed by atoms with E-state index in [1.807, 2.05) is 30.3 Å². The molecule has 1 fully saturated rings. The van der Waals surface area contributed by atoms with Gasteiger partial charge in [-0.1, -0.05) is 30.3 Å². The number of benzene rings is 1. The minimum atomic E-state index is -0.500. The third kappa shape index (κ3) is 4.91. The van der Waals surface area contributed by atoms with Crippen molar-refractivity contribution in [3.8, 4) is 0 Å². The van der Waals surface area contributed by atoms with Crippen molar-refractivity contribution in [2.45, 2.75) is 19.4 Å². The number of ether oxygens (including phenoxy) is 1. The van der Waals surface area contributed by atoms with E-state index >= 15 is 0 Å². The molecule has 0 unspecified atom stereocenters. The van der Waals surface area contributed by atoms with E-state index in [-0.39, 0.29) is 31.5 Å². The van der Waals surface area contributed by atoms with Gasteiger partial charge in [-0.25, -0.2) is 0 Å². The van der Waals surface area contributed by atoms with Gasteiger partial charge in [0.25, 0.3) is 0 Å². The molecule has 0 saturated carbocycles. The zero-order valence-corrected chi connectivity index (χ0v) is 11.7. The van der Waals surface area contributed by atoms with E-state index in [2.05, 4.69) is 5.32 Å². The van der Waals surface area contributed by atoms with Gasteiger partial charge in [-0.15, -0.1) is 0 Å². The van der Waals surface area contributed by atoms with E-state index in [9.17, 15) is 14.4 Å². The van der Waals surface area contributed by atoms with Crippen LogP contribution in [0.15, 0.2) is 30.3 Å². The van der Waals surface area contributed by atoms with Gasteiger partial charge in [-0.2, -0.15) is 0 Å². The fraction of sp³-hybridized carbons (Fsp3) is 0.400. The largest absolute Gasteiger partial charge is 0.460 e. The molecule has 1 heterocycles. The first-order valence-electron chi connectivity index (χ1n) is 6.89. The predicted octanol–water partition coefficient (Wildman–Crippen LogP) is 0.468. The lowest BCUT2D eigenvalue weighted by Gasteiger charge is -2.14. The first-order chi connectivity index (χ1) is 10.1. The summed E-state index contributed by atoms with van der Waals surface area (Å²) in [6.07, 6.45) is 1.28. The lowest BCUT2D eigenvalue weighted by atomic mass is 10.2. The molecule has 0 bridgehead atoms. The first kappa shape index (κ1) is 15.0. The first-order valence-corrected chi connectivity index (χ1v) is 6.89. The van der Waals surface area contributed by atoms with E-state index in [1.165, 1.54) is 4.90 Å². The maximum Gasteiger partial charge on any atom is 0.325 e. The van der Waals surface area contributed by atoms with Crippen molar-refractivity contribution < 1.29 is 19.1 Å². The monoisotopic (exact) mass is 290 g/mol. The fourth-order valence-electron chi connectivity index (χ4n) is 2.06. The number of hydrogen-bond acceptors (Lipinski definition) is 4. The molecule has 21 heavy (non-hydrogen) atoms. The number of carbonyl (C=O) groups excluding carboxylic acids is 3. The van der Waals surface area contributed by atoms with Gasteiger partial charge < -0.3 is 15.0 Å². The van der Waals surface area contributed by atoms with Crippen LogP contribution >= 0.6 is 0 Å². The van der Waals surface area contributed by atoms with E-state index in [0.717, 1.165) is 12.0 Å². The third-order valence-electron chi connectivity index (χ3n) is 3.18. The highest BCUT2D eigenvalue weighted by atomic mass is 16.5. The van der Waals surface area contributed by atoms with E-state index in [0.29, 0.717) is 13.0 Å². The standard InChI is InChI=1S/C15H18N2O4/c18-13(10-17-8-4-7-14(17)19)16-9-15(20)21-11-12-5-2-1-3-6-12/h1-3,5-6H,4,7-11H2,(H,16,18). The maximum absolute atomic E-state index is 11.6. The van der Waals surface area contributed by atoms with Gasteiger partial charge in [-0.05, 0) is 12.0 Å². The summed E-state index contributed by atoms with van der Waals surface area (Å²) in [5.74, 6) is -0.862. The van der Waals surface area contributed by atoms with Crippen LogP contribution in [-0.2, 0) is 25.7 Å².